The van der Waals surface area contributed by atoms with Crippen molar-refractivity contribution in [3.8, 4) is 0 Å². The lowest BCUT2D eigenvalue weighted by Gasteiger charge is -2.11. The van der Waals surface area contributed by atoms with Crippen LogP contribution in [0.1, 0.15) is 19.8 Å². The van der Waals surface area contributed by atoms with Gasteiger partial charge in [-0.1, -0.05) is 13.3 Å². The number of rotatable bonds is 5. The Morgan fingerprint density at radius 1 is 1.42 bits per heavy atom. The second kappa shape index (κ2) is 5.37. The van der Waals surface area contributed by atoms with E-state index in [4.69, 9.17) is 5.11 Å². The predicted octanol–water partition coefficient (Wildman–Crippen LogP) is 1.73. The quantitative estimate of drug-likeness (QED) is 0.708. The van der Waals surface area contributed by atoms with E-state index < -0.39 is 18.9 Å². The van der Waals surface area contributed by atoms with Gasteiger partial charge in [-0.25, -0.2) is 0 Å². The van der Waals surface area contributed by atoms with Gasteiger partial charge in [-0.2, -0.15) is 13.2 Å². The number of aliphatic hydroxyl groups is 1. The molecule has 12 heavy (non-hydrogen) atoms. The van der Waals surface area contributed by atoms with Crippen LogP contribution < -0.4 is 0 Å². The molecule has 0 rings (SSSR count). The van der Waals surface area contributed by atoms with Gasteiger partial charge in [-0.15, -0.1) is 0 Å². The van der Waals surface area contributed by atoms with Gasteiger partial charge < -0.3 is 9.84 Å². The predicted molar refractivity (Wildman–Crippen MR) is 37.8 cm³/mol. The van der Waals surface area contributed by atoms with E-state index in [-0.39, 0.29) is 6.61 Å². The monoisotopic (exact) mass is 186 g/mol. The van der Waals surface area contributed by atoms with Crippen LogP contribution >= 0.6 is 0 Å². The third kappa shape index (κ3) is 7.81. The molecule has 0 saturated heterocycles. The van der Waals surface area contributed by atoms with E-state index in [0.29, 0.717) is 6.42 Å². The average Bonchev–Trinajstić information content (AvgIpc) is 1.84. The third-order valence-electron chi connectivity index (χ3n) is 1.20. The Bertz CT molecular complexity index is 114. The molecule has 0 aliphatic heterocycles. The van der Waals surface area contributed by atoms with Crippen molar-refractivity contribution in [2.24, 2.45) is 0 Å². The molecule has 0 aliphatic rings. The van der Waals surface area contributed by atoms with E-state index in [1.807, 2.05) is 6.92 Å². The van der Waals surface area contributed by atoms with Gasteiger partial charge >= 0.3 is 6.18 Å². The van der Waals surface area contributed by atoms with Gasteiger partial charge in [0.25, 0.3) is 0 Å². The molecular formula is C7H13F3O2. The highest BCUT2D eigenvalue weighted by molar-refractivity contribution is 4.53. The standard InChI is InChI=1S/C7H13F3O2/c1-2-3-6(11)4-12-5-7(8,9)10/h6,11H,2-5H2,1H3. The SMILES string of the molecule is CCCC(O)COCC(F)(F)F. The Labute approximate surface area is 69.3 Å². The molecule has 0 heterocycles. The molecule has 1 unspecified atom stereocenters. The van der Waals surface area contributed by atoms with Crippen molar-refractivity contribution < 1.29 is 23.0 Å². The van der Waals surface area contributed by atoms with Gasteiger partial charge in [-0.3, -0.25) is 0 Å². The van der Waals surface area contributed by atoms with Crippen molar-refractivity contribution in [3.05, 3.63) is 0 Å². The highest BCUT2D eigenvalue weighted by Gasteiger charge is 2.27. The molecule has 0 amide bonds. The Hall–Kier alpha value is -0.290. The van der Waals surface area contributed by atoms with Gasteiger partial charge in [0, 0.05) is 0 Å². The van der Waals surface area contributed by atoms with Crippen molar-refractivity contribution >= 4 is 0 Å². The Morgan fingerprint density at radius 3 is 2.42 bits per heavy atom. The molecule has 74 valence electrons. The largest absolute Gasteiger partial charge is 0.411 e. The van der Waals surface area contributed by atoms with Crippen LogP contribution in [0.5, 0.6) is 0 Å². The smallest absolute Gasteiger partial charge is 0.391 e. The molecule has 0 radical (unpaired) electrons. The van der Waals surface area contributed by atoms with Crippen LogP contribution in [-0.2, 0) is 4.74 Å². The number of aliphatic hydroxyl groups excluding tert-OH is 1. The molecular weight excluding hydrogens is 173 g/mol. The maximum absolute atomic E-state index is 11.5. The lowest BCUT2D eigenvalue weighted by atomic mass is 10.2. The van der Waals surface area contributed by atoms with Gasteiger partial charge in [0.1, 0.15) is 6.61 Å². The van der Waals surface area contributed by atoms with Crippen LogP contribution in [0.15, 0.2) is 0 Å². The molecule has 5 heteroatoms. The molecule has 0 aliphatic carbocycles. The Kier molecular flexibility index (Phi) is 5.24. The summed E-state index contributed by atoms with van der Waals surface area (Å²) in [6.07, 6.45) is -3.88. The topological polar surface area (TPSA) is 29.5 Å². The molecule has 0 saturated carbocycles. The zero-order chi connectivity index (χ0) is 9.61. The maximum Gasteiger partial charge on any atom is 0.411 e. The van der Waals surface area contributed by atoms with Crippen molar-refractivity contribution in [3.63, 3.8) is 0 Å². The summed E-state index contributed by atoms with van der Waals surface area (Å²) in [5, 5.41) is 8.95. The normalized spacial score (nSPS) is 14.8. The summed E-state index contributed by atoms with van der Waals surface area (Å²) in [5.74, 6) is 0. The molecule has 0 aromatic carbocycles. The van der Waals surface area contributed by atoms with Gasteiger partial charge in [-0.05, 0) is 6.42 Å². The average molecular weight is 186 g/mol. The molecule has 0 spiro atoms. The first-order chi connectivity index (χ1) is 5.45. The first kappa shape index (κ1) is 11.7. The van der Waals surface area contributed by atoms with Gasteiger partial charge in [0.15, 0.2) is 0 Å². The van der Waals surface area contributed by atoms with Crippen LogP contribution in [0.3, 0.4) is 0 Å². The Morgan fingerprint density at radius 2 is 2.00 bits per heavy atom. The van der Waals surface area contributed by atoms with Crippen LogP contribution in [0.4, 0.5) is 13.2 Å². The molecule has 0 fully saturated rings. The fraction of sp³-hybridized carbons (Fsp3) is 1.00. The number of ether oxygens (including phenoxy) is 1. The molecule has 0 aromatic rings. The molecule has 1 atom stereocenters. The number of hydrogen-bond acceptors (Lipinski definition) is 2. The zero-order valence-corrected chi connectivity index (χ0v) is 6.90. The van der Waals surface area contributed by atoms with E-state index in [9.17, 15) is 13.2 Å². The van der Waals surface area contributed by atoms with Gasteiger partial charge in [0.05, 0.1) is 12.7 Å². The van der Waals surface area contributed by atoms with Crippen LogP contribution in [0.25, 0.3) is 0 Å². The molecule has 0 aromatic heterocycles. The highest BCUT2D eigenvalue weighted by atomic mass is 19.4. The summed E-state index contributed by atoms with van der Waals surface area (Å²) in [4.78, 5) is 0. The first-order valence-corrected chi connectivity index (χ1v) is 3.78. The number of hydrogen-bond donors (Lipinski definition) is 1. The minimum absolute atomic E-state index is 0.243. The van der Waals surface area contributed by atoms with E-state index >= 15 is 0 Å². The summed E-state index contributed by atoms with van der Waals surface area (Å²) < 4.78 is 38.7. The summed E-state index contributed by atoms with van der Waals surface area (Å²) >= 11 is 0. The summed E-state index contributed by atoms with van der Waals surface area (Å²) in [6.45, 7) is 0.314. The maximum atomic E-state index is 11.5. The summed E-state index contributed by atoms with van der Waals surface area (Å²) in [6, 6.07) is 0. The minimum atomic E-state index is -4.30. The zero-order valence-electron chi connectivity index (χ0n) is 6.90. The first-order valence-electron chi connectivity index (χ1n) is 3.78. The van der Waals surface area contributed by atoms with Crippen molar-refractivity contribution in [1.29, 1.82) is 0 Å². The van der Waals surface area contributed by atoms with Crippen LogP contribution in [0, 0.1) is 0 Å². The van der Waals surface area contributed by atoms with Gasteiger partial charge in [0.2, 0.25) is 0 Å². The van der Waals surface area contributed by atoms with Crippen molar-refractivity contribution in [1.82, 2.24) is 0 Å². The number of alkyl halides is 3. The minimum Gasteiger partial charge on any atom is -0.391 e. The van der Waals surface area contributed by atoms with Crippen molar-refractivity contribution in [2.45, 2.75) is 32.0 Å². The van der Waals surface area contributed by atoms with E-state index in [2.05, 4.69) is 4.74 Å². The van der Waals surface area contributed by atoms with E-state index in [0.717, 1.165) is 6.42 Å². The summed E-state index contributed by atoms with van der Waals surface area (Å²) in [5.41, 5.74) is 0. The fourth-order valence-corrected chi connectivity index (χ4v) is 0.727. The highest BCUT2D eigenvalue weighted by Crippen LogP contribution is 2.14. The molecule has 2 nitrogen and oxygen atoms in total. The lowest BCUT2D eigenvalue weighted by Crippen LogP contribution is -2.22. The number of halogens is 3. The van der Waals surface area contributed by atoms with E-state index in [1.165, 1.54) is 0 Å². The summed E-state index contributed by atoms with van der Waals surface area (Å²) in [7, 11) is 0. The molecule has 0 bridgehead atoms. The molecule has 1 N–H and O–H groups in total. The van der Waals surface area contributed by atoms with Crippen molar-refractivity contribution in [2.75, 3.05) is 13.2 Å². The third-order valence-corrected chi connectivity index (χ3v) is 1.20. The second-order valence-electron chi connectivity index (χ2n) is 2.57. The second-order valence-corrected chi connectivity index (χ2v) is 2.57. The van der Waals surface area contributed by atoms with Crippen LogP contribution in [-0.4, -0.2) is 30.6 Å². The van der Waals surface area contributed by atoms with E-state index in [1.54, 1.807) is 0 Å². The van der Waals surface area contributed by atoms with Crippen LogP contribution in [0.2, 0.25) is 0 Å². The fourth-order valence-electron chi connectivity index (χ4n) is 0.727. The lowest BCUT2D eigenvalue weighted by molar-refractivity contribution is -0.179. The Balaban J connectivity index is 3.31.